The van der Waals surface area contributed by atoms with Gasteiger partial charge in [0.1, 0.15) is 4.90 Å². The van der Waals surface area contributed by atoms with Crippen molar-refractivity contribution < 1.29 is 8.42 Å². The highest BCUT2D eigenvalue weighted by Crippen LogP contribution is 2.36. The zero-order valence-corrected chi connectivity index (χ0v) is 13.0. The third-order valence-electron chi connectivity index (χ3n) is 4.01. The average Bonchev–Trinajstić information content (AvgIpc) is 3.04. The van der Waals surface area contributed by atoms with Crippen molar-refractivity contribution in [3.8, 4) is 0 Å². The molecule has 7 heteroatoms. The summed E-state index contributed by atoms with van der Waals surface area (Å²) in [5, 5.41) is 7.08. The van der Waals surface area contributed by atoms with Gasteiger partial charge in [-0.1, -0.05) is 19.8 Å². The highest BCUT2D eigenvalue weighted by Gasteiger charge is 2.30. The molecule has 1 aromatic heterocycles. The molecule has 1 aliphatic carbocycles. The van der Waals surface area contributed by atoms with Crippen LogP contribution in [0.5, 0.6) is 0 Å². The van der Waals surface area contributed by atoms with Gasteiger partial charge < -0.3 is 5.32 Å². The topological polar surface area (TPSA) is 76.0 Å². The van der Waals surface area contributed by atoms with E-state index in [2.05, 4.69) is 22.1 Å². The summed E-state index contributed by atoms with van der Waals surface area (Å²) >= 11 is 0. The van der Waals surface area contributed by atoms with Crippen LogP contribution in [0.15, 0.2) is 17.3 Å². The van der Waals surface area contributed by atoms with E-state index in [4.69, 9.17) is 0 Å². The molecule has 0 unspecified atom stereocenters. The molecule has 6 nitrogen and oxygen atoms in total. The molecular weight excluding hydrogens is 276 g/mol. The number of sulfonamides is 1. The molecular formula is C13H24N4O2S. The Morgan fingerprint density at radius 1 is 1.40 bits per heavy atom. The van der Waals surface area contributed by atoms with Crippen LogP contribution in [0.4, 0.5) is 0 Å². The molecule has 0 bridgehead atoms. The van der Waals surface area contributed by atoms with Crippen LogP contribution in [0.2, 0.25) is 0 Å². The Hall–Kier alpha value is -0.920. The fourth-order valence-electron chi connectivity index (χ4n) is 2.59. The maximum absolute atomic E-state index is 12.2. The van der Waals surface area contributed by atoms with Crippen LogP contribution in [-0.4, -0.2) is 38.3 Å². The molecule has 0 amide bonds. The third kappa shape index (κ3) is 3.80. The highest BCUT2D eigenvalue weighted by molar-refractivity contribution is 7.89. The average molecular weight is 300 g/mol. The minimum Gasteiger partial charge on any atom is -0.318 e. The summed E-state index contributed by atoms with van der Waals surface area (Å²) in [6, 6.07) is 0. The van der Waals surface area contributed by atoms with Crippen LogP contribution in [0.3, 0.4) is 0 Å². The Morgan fingerprint density at radius 3 is 2.75 bits per heavy atom. The van der Waals surface area contributed by atoms with Crippen LogP contribution in [-0.2, 0) is 16.6 Å². The van der Waals surface area contributed by atoms with Crippen LogP contribution in [0.25, 0.3) is 0 Å². The van der Waals surface area contributed by atoms with E-state index in [1.165, 1.54) is 19.0 Å². The molecule has 1 fully saturated rings. The summed E-state index contributed by atoms with van der Waals surface area (Å²) in [6.07, 6.45) is 7.57. The number of nitrogens with zero attached hydrogens (tertiary/aromatic N) is 2. The maximum Gasteiger partial charge on any atom is 0.243 e. The summed E-state index contributed by atoms with van der Waals surface area (Å²) in [4.78, 5) is 0.246. The molecule has 1 aromatic rings. The van der Waals surface area contributed by atoms with Crippen molar-refractivity contribution in [2.45, 2.75) is 44.0 Å². The van der Waals surface area contributed by atoms with Crippen LogP contribution in [0, 0.1) is 5.41 Å². The van der Waals surface area contributed by atoms with E-state index in [1.807, 2.05) is 7.05 Å². The van der Waals surface area contributed by atoms with Crippen LogP contribution < -0.4 is 10.0 Å². The summed E-state index contributed by atoms with van der Waals surface area (Å²) in [5.74, 6) is 0. The van der Waals surface area contributed by atoms with Gasteiger partial charge in [-0.2, -0.15) is 5.10 Å². The number of hydrogen-bond donors (Lipinski definition) is 2. The second kappa shape index (κ2) is 6.24. The van der Waals surface area contributed by atoms with Gasteiger partial charge in [0.05, 0.1) is 12.7 Å². The fraction of sp³-hybridized carbons (Fsp3) is 0.769. The Bertz CT molecular complexity index is 532. The number of hydrogen-bond acceptors (Lipinski definition) is 4. The van der Waals surface area contributed by atoms with E-state index in [9.17, 15) is 8.42 Å². The zero-order valence-electron chi connectivity index (χ0n) is 12.2. The minimum absolute atomic E-state index is 0.106. The second-order valence-electron chi connectivity index (χ2n) is 5.88. The summed E-state index contributed by atoms with van der Waals surface area (Å²) in [7, 11) is -1.59. The Kier molecular flexibility index (Phi) is 4.82. The third-order valence-corrected chi connectivity index (χ3v) is 5.37. The monoisotopic (exact) mass is 300 g/mol. The van der Waals surface area contributed by atoms with E-state index in [0.717, 1.165) is 19.4 Å². The van der Waals surface area contributed by atoms with E-state index in [-0.39, 0.29) is 10.3 Å². The first-order chi connectivity index (χ1) is 9.45. The predicted octanol–water partition coefficient (Wildman–Crippen LogP) is 0.961. The van der Waals surface area contributed by atoms with Gasteiger partial charge in [0.2, 0.25) is 10.0 Å². The normalized spacial score (nSPS) is 18.5. The summed E-state index contributed by atoms with van der Waals surface area (Å²) in [5.41, 5.74) is 0.106. The number of likely N-dealkylation sites (N-methyl/N-ethyl adjacent to an activating group) is 1. The largest absolute Gasteiger partial charge is 0.318 e. The van der Waals surface area contributed by atoms with Crippen molar-refractivity contribution in [3.63, 3.8) is 0 Å². The highest BCUT2D eigenvalue weighted by atomic mass is 32.2. The first-order valence-electron chi connectivity index (χ1n) is 7.12. The molecule has 20 heavy (non-hydrogen) atoms. The summed E-state index contributed by atoms with van der Waals surface area (Å²) in [6.45, 7) is 4.08. The Labute approximate surface area is 121 Å². The van der Waals surface area contributed by atoms with Gasteiger partial charge in [0, 0.05) is 19.3 Å². The van der Waals surface area contributed by atoms with E-state index >= 15 is 0 Å². The van der Waals surface area contributed by atoms with Crippen molar-refractivity contribution in [1.82, 2.24) is 19.8 Å². The van der Waals surface area contributed by atoms with Crippen molar-refractivity contribution in [3.05, 3.63) is 12.4 Å². The molecule has 1 saturated carbocycles. The smallest absolute Gasteiger partial charge is 0.243 e. The van der Waals surface area contributed by atoms with Gasteiger partial charge in [0.15, 0.2) is 0 Å². The molecule has 0 atom stereocenters. The van der Waals surface area contributed by atoms with Crippen LogP contribution in [0.1, 0.15) is 32.6 Å². The van der Waals surface area contributed by atoms with E-state index in [1.54, 1.807) is 10.9 Å². The lowest BCUT2D eigenvalue weighted by Crippen LogP contribution is -2.34. The first kappa shape index (κ1) is 15.5. The lowest BCUT2D eigenvalue weighted by Gasteiger charge is -2.23. The zero-order chi connectivity index (χ0) is 14.6. The first-order valence-corrected chi connectivity index (χ1v) is 8.60. The molecule has 0 radical (unpaired) electrons. The standard InChI is InChI=1S/C13H24N4O2S/c1-13(5-3-4-6-13)11-16-20(18,19)12-9-15-17(10-12)8-7-14-2/h9-10,14,16H,3-8,11H2,1-2H3. The molecule has 0 saturated heterocycles. The van der Waals surface area contributed by atoms with Gasteiger partial charge in [-0.15, -0.1) is 0 Å². The molecule has 2 rings (SSSR count). The molecule has 0 aliphatic heterocycles. The molecule has 0 aromatic carbocycles. The maximum atomic E-state index is 12.2. The lowest BCUT2D eigenvalue weighted by atomic mass is 9.89. The Morgan fingerprint density at radius 2 is 2.10 bits per heavy atom. The molecule has 0 spiro atoms. The van der Waals surface area contributed by atoms with Crippen molar-refractivity contribution in [2.24, 2.45) is 5.41 Å². The van der Waals surface area contributed by atoms with E-state index in [0.29, 0.717) is 13.1 Å². The number of nitrogens with one attached hydrogen (secondary N) is 2. The predicted molar refractivity (Wildman–Crippen MR) is 77.9 cm³/mol. The SMILES string of the molecule is CNCCn1cc(S(=O)(=O)NCC2(C)CCCC2)cn1. The van der Waals surface area contributed by atoms with Crippen molar-refractivity contribution >= 4 is 10.0 Å². The molecule has 114 valence electrons. The van der Waals surface area contributed by atoms with Crippen molar-refractivity contribution in [1.29, 1.82) is 0 Å². The van der Waals surface area contributed by atoms with Gasteiger partial charge in [0.25, 0.3) is 0 Å². The second-order valence-corrected chi connectivity index (χ2v) is 7.65. The van der Waals surface area contributed by atoms with Gasteiger partial charge in [-0.05, 0) is 25.3 Å². The molecule has 1 aliphatic rings. The van der Waals surface area contributed by atoms with Crippen molar-refractivity contribution in [2.75, 3.05) is 20.1 Å². The Balaban J connectivity index is 1.97. The number of aromatic nitrogens is 2. The fourth-order valence-corrected chi connectivity index (χ4v) is 3.74. The van der Waals surface area contributed by atoms with Gasteiger partial charge in [-0.3, -0.25) is 4.68 Å². The van der Waals surface area contributed by atoms with Crippen LogP contribution >= 0.6 is 0 Å². The minimum atomic E-state index is -3.44. The van der Waals surface area contributed by atoms with Gasteiger partial charge in [-0.25, -0.2) is 13.1 Å². The van der Waals surface area contributed by atoms with E-state index < -0.39 is 10.0 Å². The molecule has 1 heterocycles. The quantitative estimate of drug-likeness (QED) is 0.786. The molecule has 2 N–H and O–H groups in total. The lowest BCUT2D eigenvalue weighted by molar-refractivity contribution is 0.336. The number of rotatable bonds is 7. The van der Waals surface area contributed by atoms with Gasteiger partial charge >= 0.3 is 0 Å². The summed E-state index contributed by atoms with van der Waals surface area (Å²) < 4.78 is 28.8.